The Labute approximate surface area is 61.3 Å². The predicted molar refractivity (Wildman–Crippen MR) is 42.7 cm³/mol. The van der Waals surface area contributed by atoms with Crippen LogP contribution in [0.5, 0.6) is 0 Å². The fraction of sp³-hybridized carbons (Fsp3) is 0.250. The Morgan fingerprint density at radius 1 is 1.56 bits per heavy atom. The molecule has 1 radical (unpaired) electrons. The Balaban J connectivity index is 2.94. The molecule has 0 atom stereocenters. The van der Waals surface area contributed by atoms with Crippen molar-refractivity contribution < 1.29 is 0 Å². The van der Waals surface area contributed by atoms with E-state index in [-0.39, 0.29) is 0 Å². The normalized spacial score (nSPS) is 9.56. The molecule has 9 heavy (non-hydrogen) atoms. The van der Waals surface area contributed by atoms with Gasteiger partial charge in [0.1, 0.15) is 0 Å². The molecule has 47 valence electrons. The van der Waals surface area contributed by atoms with Gasteiger partial charge in [-0.05, 0) is 24.1 Å². The van der Waals surface area contributed by atoms with E-state index in [1.54, 1.807) is 0 Å². The second kappa shape index (κ2) is 2.92. The van der Waals surface area contributed by atoms with Gasteiger partial charge in [-0.15, -0.1) is 0 Å². The molecule has 0 saturated carbocycles. The highest BCUT2D eigenvalue weighted by Gasteiger charge is 1.87. The maximum absolute atomic E-state index is 4.13. The summed E-state index contributed by atoms with van der Waals surface area (Å²) in [5.41, 5.74) is 2.35. The van der Waals surface area contributed by atoms with Crippen molar-refractivity contribution in [2.75, 3.05) is 0 Å². The van der Waals surface area contributed by atoms with Crippen molar-refractivity contribution in [1.82, 2.24) is 0 Å². The van der Waals surface area contributed by atoms with Crippen LogP contribution >= 0.6 is 12.6 Å². The van der Waals surface area contributed by atoms with E-state index in [1.807, 2.05) is 25.1 Å². The van der Waals surface area contributed by atoms with Gasteiger partial charge < -0.3 is 0 Å². The van der Waals surface area contributed by atoms with E-state index in [0.717, 1.165) is 5.75 Å². The third-order valence-electron chi connectivity index (χ3n) is 1.17. The van der Waals surface area contributed by atoms with Crippen LogP contribution in [0.2, 0.25) is 0 Å². The van der Waals surface area contributed by atoms with Gasteiger partial charge in [0.25, 0.3) is 0 Å². The lowest BCUT2D eigenvalue weighted by Crippen LogP contribution is -1.78. The molecule has 0 aliphatic rings. The van der Waals surface area contributed by atoms with Crippen LogP contribution in [0.1, 0.15) is 11.1 Å². The van der Waals surface area contributed by atoms with Gasteiger partial charge in [-0.2, -0.15) is 12.6 Å². The van der Waals surface area contributed by atoms with Gasteiger partial charge in [-0.1, -0.05) is 18.2 Å². The minimum Gasteiger partial charge on any atom is -0.175 e. The standard InChI is InChI=1S/C8H9S/c1-7-3-2-4-8(5-7)6-9/h2-4,9H,6H2,1H3. The lowest BCUT2D eigenvalue weighted by Gasteiger charge is -1.93. The molecule has 0 saturated heterocycles. The van der Waals surface area contributed by atoms with Crippen LogP contribution < -0.4 is 0 Å². The van der Waals surface area contributed by atoms with Crippen LogP contribution in [-0.2, 0) is 5.75 Å². The molecule has 1 aromatic carbocycles. The first kappa shape index (κ1) is 6.69. The molecule has 1 rings (SSSR count). The van der Waals surface area contributed by atoms with Crippen LogP contribution in [-0.4, -0.2) is 0 Å². The smallest absolute Gasteiger partial charge is 0.0160 e. The largest absolute Gasteiger partial charge is 0.175 e. The highest BCUT2D eigenvalue weighted by Crippen LogP contribution is 2.04. The Hall–Kier alpha value is -0.430. The molecule has 0 bridgehead atoms. The number of hydrogen-bond acceptors (Lipinski definition) is 1. The van der Waals surface area contributed by atoms with Gasteiger partial charge in [0.05, 0.1) is 0 Å². The fourth-order valence-electron chi connectivity index (χ4n) is 0.737. The van der Waals surface area contributed by atoms with Crippen molar-refractivity contribution in [3.8, 4) is 0 Å². The van der Waals surface area contributed by atoms with Gasteiger partial charge in [-0.3, -0.25) is 0 Å². The summed E-state index contributed by atoms with van der Waals surface area (Å²) in [7, 11) is 0. The lowest BCUT2D eigenvalue weighted by atomic mass is 10.2. The van der Waals surface area contributed by atoms with Crippen molar-refractivity contribution in [2.45, 2.75) is 12.7 Å². The Kier molecular flexibility index (Phi) is 2.17. The Morgan fingerprint density at radius 2 is 2.33 bits per heavy atom. The zero-order valence-electron chi connectivity index (χ0n) is 5.39. The van der Waals surface area contributed by atoms with Crippen molar-refractivity contribution >= 4 is 12.6 Å². The van der Waals surface area contributed by atoms with Crippen molar-refractivity contribution in [3.63, 3.8) is 0 Å². The maximum atomic E-state index is 4.13. The summed E-state index contributed by atoms with van der Waals surface area (Å²) in [6.07, 6.45) is 0. The minimum atomic E-state index is 0.779. The third kappa shape index (κ3) is 1.75. The van der Waals surface area contributed by atoms with Crippen molar-refractivity contribution in [3.05, 3.63) is 35.4 Å². The van der Waals surface area contributed by atoms with Crippen molar-refractivity contribution in [1.29, 1.82) is 0 Å². The molecule has 0 spiro atoms. The molecule has 1 aromatic rings. The molecule has 0 heterocycles. The number of rotatable bonds is 1. The molecule has 1 heteroatoms. The van der Waals surface area contributed by atoms with Crippen LogP contribution in [0.3, 0.4) is 0 Å². The highest BCUT2D eigenvalue weighted by atomic mass is 32.1. The highest BCUT2D eigenvalue weighted by molar-refractivity contribution is 7.79. The van der Waals surface area contributed by atoms with E-state index in [9.17, 15) is 0 Å². The average Bonchev–Trinajstić information content (AvgIpc) is 1.88. The topological polar surface area (TPSA) is 0 Å². The Morgan fingerprint density at radius 3 is 2.78 bits per heavy atom. The fourth-order valence-corrected chi connectivity index (χ4v) is 0.922. The van der Waals surface area contributed by atoms with E-state index >= 15 is 0 Å². The van der Waals surface area contributed by atoms with Gasteiger partial charge in [0.15, 0.2) is 0 Å². The molecule has 0 N–H and O–H groups in total. The molecule has 0 unspecified atom stereocenters. The van der Waals surface area contributed by atoms with Crippen LogP contribution in [0.25, 0.3) is 0 Å². The van der Waals surface area contributed by atoms with Crippen LogP contribution in [0, 0.1) is 13.0 Å². The molecular formula is C8H9S. The van der Waals surface area contributed by atoms with E-state index in [2.05, 4.69) is 18.7 Å². The zero-order valence-corrected chi connectivity index (χ0v) is 6.28. The first-order chi connectivity index (χ1) is 4.33. The first-order valence-electron chi connectivity index (χ1n) is 2.91. The van der Waals surface area contributed by atoms with Crippen LogP contribution in [0.15, 0.2) is 18.2 Å². The molecular weight excluding hydrogens is 128 g/mol. The molecule has 0 amide bonds. The zero-order chi connectivity index (χ0) is 6.69. The summed E-state index contributed by atoms with van der Waals surface area (Å²) in [4.78, 5) is 0. The summed E-state index contributed by atoms with van der Waals surface area (Å²) in [6, 6.07) is 9.27. The number of aryl methyl sites for hydroxylation is 1. The Bertz CT molecular complexity index is 194. The van der Waals surface area contributed by atoms with Gasteiger partial charge >= 0.3 is 0 Å². The number of hydrogen-bond donors (Lipinski definition) is 1. The van der Waals surface area contributed by atoms with E-state index < -0.39 is 0 Å². The molecule has 0 aliphatic heterocycles. The molecule has 0 fully saturated rings. The van der Waals surface area contributed by atoms with Crippen molar-refractivity contribution in [2.24, 2.45) is 0 Å². The second-order valence-corrected chi connectivity index (χ2v) is 2.33. The lowest BCUT2D eigenvalue weighted by molar-refractivity contribution is 1.35. The van der Waals surface area contributed by atoms with E-state index in [0.29, 0.717) is 0 Å². The van der Waals surface area contributed by atoms with E-state index in [4.69, 9.17) is 0 Å². The number of benzene rings is 1. The first-order valence-corrected chi connectivity index (χ1v) is 3.55. The summed E-state index contributed by atoms with van der Waals surface area (Å²) in [6.45, 7) is 2.03. The molecule has 0 aromatic heterocycles. The number of thiol groups is 1. The van der Waals surface area contributed by atoms with Gasteiger partial charge in [0, 0.05) is 5.75 Å². The monoisotopic (exact) mass is 137 g/mol. The second-order valence-electron chi connectivity index (χ2n) is 2.02. The maximum Gasteiger partial charge on any atom is 0.0160 e. The quantitative estimate of drug-likeness (QED) is 0.564. The third-order valence-corrected chi connectivity index (χ3v) is 1.51. The SMILES string of the molecule is Cc1[c]c(CS)ccc1. The van der Waals surface area contributed by atoms with Gasteiger partial charge in [-0.25, -0.2) is 0 Å². The molecule has 0 aliphatic carbocycles. The summed E-state index contributed by atoms with van der Waals surface area (Å²) in [5.74, 6) is 0.779. The van der Waals surface area contributed by atoms with Crippen LogP contribution in [0.4, 0.5) is 0 Å². The average molecular weight is 137 g/mol. The molecule has 0 nitrogen and oxygen atoms in total. The van der Waals surface area contributed by atoms with Gasteiger partial charge in [0.2, 0.25) is 0 Å². The summed E-state index contributed by atoms with van der Waals surface area (Å²) < 4.78 is 0. The summed E-state index contributed by atoms with van der Waals surface area (Å²) >= 11 is 4.13. The minimum absolute atomic E-state index is 0.779. The predicted octanol–water partition coefficient (Wildman–Crippen LogP) is 2.23. The summed E-state index contributed by atoms with van der Waals surface area (Å²) in [5, 5.41) is 0. The van der Waals surface area contributed by atoms with E-state index in [1.165, 1.54) is 11.1 Å².